The lowest BCUT2D eigenvalue weighted by atomic mass is 10.2. The van der Waals surface area contributed by atoms with E-state index in [0.29, 0.717) is 0 Å². The predicted molar refractivity (Wildman–Crippen MR) is 44.0 cm³/mol. The normalized spacial score (nSPS) is 9.75. The van der Waals surface area contributed by atoms with Crippen molar-refractivity contribution < 1.29 is 20.1 Å². The zero-order chi connectivity index (χ0) is 9.30. The fraction of sp³-hybridized carbons (Fsp3) is 0. The SMILES string of the molecule is O=C(O)c1cc(O)c(O)cc1S. The molecule has 0 aliphatic heterocycles. The van der Waals surface area contributed by atoms with Gasteiger partial charge in [0.25, 0.3) is 0 Å². The van der Waals surface area contributed by atoms with Crippen molar-refractivity contribution in [1.82, 2.24) is 0 Å². The minimum atomic E-state index is -1.20. The maximum atomic E-state index is 10.4. The summed E-state index contributed by atoms with van der Waals surface area (Å²) in [5.74, 6) is -2.05. The number of benzene rings is 1. The van der Waals surface area contributed by atoms with Gasteiger partial charge in [-0.25, -0.2) is 4.79 Å². The first-order valence-corrected chi connectivity index (χ1v) is 3.45. The van der Waals surface area contributed by atoms with Gasteiger partial charge in [-0.05, 0) is 12.1 Å². The summed E-state index contributed by atoms with van der Waals surface area (Å²) in [7, 11) is 0. The van der Waals surface area contributed by atoms with Crippen molar-refractivity contribution >= 4 is 18.6 Å². The second kappa shape index (κ2) is 2.94. The Hall–Kier alpha value is -1.36. The molecule has 5 heteroatoms. The molecule has 0 aliphatic rings. The first-order chi connectivity index (χ1) is 5.52. The van der Waals surface area contributed by atoms with Gasteiger partial charge in [0.05, 0.1) is 5.56 Å². The van der Waals surface area contributed by atoms with Gasteiger partial charge in [0.1, 0.15) is 0 Å². The van der Waals surface area contributed by atoms with Crippen molar-refractivity contribution in [2.45, 2.75) is 4.90 Å². The van der Waals surface area contributed by atoms with Gasteiger partial charge < -0.3 is 15.3 Å². The van der Waals surface area contributed by atoms with Crippen LogP contribution in [-0.2, 0) is 0 Å². The first-order valence-electron chi connectivity index (χ1n) is 3.00. The molecule has 0 bridgehead atoms. The van der Waals surface area contributed by atoms with Gasteiger partial charge in [0, 0.05) is 4.90 Å². The monoisotopic (exact) mass is 186 g/mol. The molecule has 0 aromatic heterocycles. The Morgan fingerprint density at radius 1 is 1.25 bits per heavy atom. The maximum absolute atomic E-state index is 10.4. The predicted octanol–water partition coefficient (Wildman–Crippen LogP) is 1.08. The summed E-state index contributed by atoms with van der Waals surface area (Å²) in [6.45, 7) is 0. The number of thiol groups is 1. The molecule has 0 heterocycles. The third-order valence-corrected chi connectivity index (χ3v) is 1.69. The molecule has 0 unspecified atom stereocenters. The minimum absolute atomic E-state index is 0.109. The Balaban J connectivity index is 3.33. The topological polar surface area (TPSA) is 77.8 Å². The van der Waals surface area contributed by atoms with Crippen LogP contribution in [0.25, 0.3) is 0 Å². The van der Waals surface area contributed by atoms with Crippen molar-refractivity contribution in [3.05, 3.63) is 17.7 Å². The number of hydrogen-bond acceptors (Lipinski definition) is 4. The summed E-state index contributed by atoms with van der Waals surface area (Å²) in [6, 6.07) is 2.02. The number of rotatable bonds is 1. The average Bonchev–Trinajstić information content (AvgIpc) is 1.96. The van der Waals surface area contributed by atoms with Crippen molar-refractivity contribution in [2.75, 3.05) is 0 Å². The molecule has 4 nitrogen and oxygen atoms in total. The highest BCUT2D eigenvalue weighted by Crippen LogP contribution is 2.29. The summed E-state index contributed by atoms with van der Waals surface area (Å²) in [5, 5.41) is 26.4. The maximum Gasteiger partial charge on any atom is 0.336 e. The standard InChI is InChI=1S/C7H6O4S/c8-4-1-3(7(10)11)6(12)2-5(4)9/h1-2,8-9,12H,(H,10,11). The van der Waals surface area contributed by atoms with Crippen LogP contribution in [0.2, 0.25) is 0 Å². The Kier molecular flexibility index (Phi) is 2.14. The van der Waals surface area contributed by atoms with Crippen LogP contribution in [0.15, 0.2) is 17.0 Å². The molecule has 0 atom stereocenters. The van der Waals surface area contributed by atoms with Crippen LogP contribution in [0.1, 0.15) is 10.4 Å². The van der Waals surface area contributed by atoms with E-state index in [0.717, 1.165) is 12.1 Å². The molecule has 3 N–H and O–H groups in total. The van der Waals surface area contributed by atoms with E-state index in [2.05, 4.69) is 12.6 Å². The second-order valence-corrected chi connectivity index (χ2v) is 2.65. The highest BCUT2D eigenvalue weighted by atomic mass is 32.1. The van der Waals surface area contributed by atoms with Gasteiger partial charge in [-0.2, -0.15) is 0 Å². The van der Waals surface area contributed by atoms with E-state index in [1.807, 2.05) is 0 Å². The molecule has 0 fully saturated rings. The lowest BCUT2D eigenvalue weighted by Crippen LogP contribution is -1.97. The Morgan fingerprint density at radius 3 is 2.25 bits per heavy atom. The number of carboxylic acids is 1. The number of hydrogen-bond donors (Lipinski definition) is 4. The fourth-order valence-corrected chi connectivity index (χ4v) is 1.02. The third kappa shape index (κ3) is 1.45. The van der Waals surface area contributed by atoms with Crippen LogP contribution in [0.3, 0.4) is 0 Å². The zero-order valence-electron chi connectivity index (χ0n) is 5.85. The minimum Gasteiger partial charge on any atom is -0.504 e. The number of carboxylic acid groups (broad SMARTS) is 1. The van der Waals surface area contributed by atoms with Gasteiger partial charge >= 0.3 is 5.97 Å². The third-order valence-electron chi connectivity index (χ3n) is 1.32. The highest BCUT2D eigenvalue weighted by Gasteiger charge is 2.11. The molecular weight excluding hydrogens is 180 g/mol. The van der Waals surface area contributed by atoms with Crippen LogP contribution in [-0.4, -0.2) is 21.3 Å². The molecule has 0 aliphatic carbocycles. The van der Waals surface area contributed by atoms with Gasteiger partial charge in [-0.15, -0.1) is 12.6 Å². The summed E-state index contributed by atoms with van der Waals surface area (Å²) in [5.41, 5.74) is -0.145. The molecule has 1 rings (SSSR count). The molecule has 0 amide bonds. The summed E-state index contributed by atoms with van der Waals surface area (Å²) < 4.78 is 0. The van der Waals surface area contributed by atoms with Crippen LogP contribution in [0.4, 0.5) is 0 Å². The Morgan fingerprint density at radius 2 is 1.75 bits per heavy atom. The summed E-state index contributed by atoms with van der Waals surface area (Å²) in [4.78, 5) is 10.6. The molecule has 12 heavy (non-hydrogen) atoms. The summed E-state index contributed by atoms with van der Waals surface area (Å²) >= 11 is 3.80. The van der Waals surface area contributed by atoms with Crippen molar-refractivity contribution in [1.29, 1.82) is 0 Å². The number of aromatic hydroxyl groups is 2. The molecule has 0 saturated carbocycles. The van der Waals surface area contributed by atoms with Crippen LogP contribution < -0.4 is 0 Å². The van der Waals surface area contributed by atoms with E-state index in [4.69, 9.17) is 15.3 Å². The van der Waals surface area contributed by atoms with Crippen molar-refractivity contribution in [2.24, 2.45) is 0 Å². The van der Waals surface area contributed by atoms with Gasteiger partial charge in [0.15, 0.2) is 11.5 Å². The molecule has 1 aromatic rings. The molecule has 0 radical (unpaired) electrons. The number of aromatic carboxylic acids is 1. The molecular formula is C7H6O4S. The first kappa shape index (κ1) is 8.73. The van der Waals surface area contributed by atoms with E-state index >= 15 is 0 Å². The van der Waals surface area contributed by atoms with Crippen LogP contribution in [0, 0.1) is 0 Å². The smallest absolute Gasteiger partial charge is 0.336 e. The Labute approximate surface area is 73.5 Å². The largest absolute Gasteiger partial charge is 0.504 e. The Bertz CT molecular complexity index is 334. The lowest BCUT2D eigenvalue weighted by molar-refractivity contribution is 0.0692. The van der Waals surface area contributed by atoms with Crippen LogP contribution in [0.5, 0.6) is 11.5 Å². The van der Waals surface area contributed by atoms with Gasteiger partial charge in [0.2, 0.25) is 0 Å². The molecule has 0 saturated heterocycles. The number of phenols is 2. The molecule has 1 aromatic carbocycles. The van der Waals surface area contributed by atoms with E-state index in [1.165, 1.54) is 0 Å². The van der Waals surface area contributed by atoms with E-state index in [9.17, 15) is 4.79 Å². The van der Waals surface area contributed by atoms with E-state index < -0.39 is 11.7 Å². The number of phenolic OH excluding ortho intramolecular Hbond substituents is 2. The molecule has 64 valence electrons. The van der Waals surface area contributed by atoms with Crippen LogP contribution >= 0.6 is 12.6 Å². The zero-order valence-corrected chi connectivity index (χ0v) is 6.75. The average molecular weight is 186 g/mol. The van der Waals surface area contributed by atoms with E-state index in [-0.39, 0.29) is 16.2 Å². The quantitative estimate of drug-likeness (QED) is 0.391. The second-order valence-electron chi connectivity index (χ2n) is 2.16. The van der Waals surface area contributed by atoms with Gasteiger partial charge in [-0.1, -0.05) is 0 Å². The summed E-state index contributed by atoms with van der Waals surface area (Å²) in [6.07, 6.45) is 0. The van der Waals surface area contributed by atoms with Crippen molar-refractivity contribution in [3.63, 3.8) is 0 Å². The fourth-order valence-electron chi connectivity index (χ4n) is 0.737. The lowest BCUT2D eigenvalue weighted by Gasteiger charge is -2.02. The van der Waals surface area contributed by atoms with Gasteiger partial charge in [-0.3, -0.25) is 0 Å². The number of carbonyl (C=O) groups is 1. The molecule has 0 spiro atoms. The van der Waals surface area contributed by atoms with E-state index in [1.54, 1.807) is 0 Å². The van der Waals surface area contributed by atoms with Crippen molar-refractivity contribution in [3.8, 4) is 11.5 Å². The highest BCUT2D eigenvalue weighted by molar-refractivity contribution is 7.80.